The first-order valence-electron chi connectivity index (χ1n) is 8.28. The molecule has 5 nitrogen and oxygen atoms in total. The van der Waals surface area contributed by atoms with Gasteiger partial charge in [0, 0.05) is 16.7 Å². The van der Waals surface area contributed by atoms with E-state index < -0.39 is 0 Å². The van der Waals surface area contributed by atoms with Crippen molar-refractivity contribution in [3.63, 3.8) is 0 Å². The lowest BCUT2D eigenvalue weighted by Gasteiger charge is -2.24. The maximum Gasteiger partial charge on any atom is 0.313 e. The Morgan fingerprint density at radius 2 is 2.04 bits per heavy atom. The van der Waals surface area contributed by atoms with E-state index in [-0.39, 0.29) is 18.5 Å². The van der Waals surface area contributed by atoms with Crippen LogP contribution in [-0.2, 0) is 22.6 Å². The van der Waals surface area contributed by atoms with Crippen molar-refractivity contribution < 1.29 is 18.8 Å². The van der Waals surface area contributed by atoms with Crippen molar-refractivity contribution in [2.75, 3.05) is 6.61 Å². The van der Waals surface area contributed by atoms with Crippen LogP contribution in [0.4, 0.5) is 0 Å². The Morgan fingerprint density at radius 1 is 1.19 bits per heavy atom. The normalized spacial score (nSPS) is 15.8. The lowest BCUT2D eigenvalue weighted by atomic mass is 9.97. The number of hydrogen-bond donors (Lipinski definition) is 0. The Morgan fingerprint density at radius 3 is 2.88 bits per heavy atom. The summed E-state index contributed by atoms with van der Waals surface area (Å²) >= 11 is 6.01. The molecule has 132 valence electrons. The fourth-order valence-corrected chi connectivity index (χ4v) is 3.09. The number of rotatable bonds is 4. The topological polar surface area (TPSA) is 61.6 Å². The summed E-state index contributed by atoms with van der Waals surface area (Å²) in [5.41, 5.74) is 2.41. The Balaban J connectivity index is 1.37. The summed E-state index contributed by atoms with van der Waals surface area (Å²) in [6.45, 7) is 0.357. The lowest BCUT2D eigenvalue weighted by molar-refractivity contribution is -0.151. The van der Waals surface area contributed by atoms with Gasteiger partial charge in [0.15, 0.2) is 5.76 Å². The Bertz CT molecular complexity index is 923. The number of fused-ring (bicyclic) bond motifs is 1. The molecule has 0 saturated carbocycles. The third-order valence-electron chi connectivity index (χ3n) is 4.24. The first-order valence-corrected chi connectivity index (χ1v) is 8.66. The van der Waals surface area contributed by atoms with E-state index in [0.717, 1.165) is 16.9 Å². The SMILES string of the molecule is O=C(OCc1cc(-c2ccccc2)on1)[C@H]1COc2ccc(Cl)cc2C1. The lowest BCUT2D eigenvalue weighted by Crippen LogP contribution is -2.29. The van der Waals surface area contributed by atoms with Crippen LogP contribution in [0.3, 0.4) is 0 Å². The molecule has 0 amide bonds. The number of carbonyl (C=O) groups is 1. The van der Waals surface area contributed by atoms with Crippen LogP contribution in [0.2, 0.25) is 5.02 Å². The first-order chi connectivity index (χ1) is 12.7. The van der Waals surface area contributed by atoms with Crippen LogP contribution >= 0.6 is 11.6 Å². The van der Waals surface area contributed by atoms with Gasteiger partial charge in [0.2, 0.25) is 0 Å². The van der Waals surface area contributed by atoms with Crippen LogP contribution in [-0.4, -0.2) is 17.7 Å². The van der Waals surface area contributed by atoms with Crippen molar-refractivity contribution in [1.82, 2.24) is 5.16 Å². The number of esters is 1. The molecule has 0 unspecified atom stereocenters. The van der Waals surface area contributed by atoms with E-state index in [4.69, 9.17) is 25.6 Å². The van der Waals surface area contributed by atoms with Gasteiger partial charge in [-0.2, -0.15) is 0 Å². The highest BCUT2D eigenvalue weighted by Crippen LogP contribution is 2.30. The van der Waals surface area contributed by atoms with Crippen molar-refractivity contribution >= 4 is 17.6 Å². The van der Waals surface area contributed by atoms with Gasteiger partial charge in [0.25, 0.3) is 0 Å². The Labute approximate surface area is 155 Å². The minimum atomic E-state index is -0.360. The highest BCUT2D eigenvalue weighted by molar-refractivity contribution is 6.30. The molecular formula is C20H16ClNO4. The second kappa shape index (κ2) is 7.22. The van der Waals surface area contributed by atoms with Crippen LogP contribution < -0.4 is 4.74 Å². The quantitative estimate of drug-likeness (QED) is 0.642. The predicted octanol–water partition coefficient (Wildman–Crippen LogP) is 4.29. The average molecular weight is 370 g/mol. The van der Waals surface area contributed by atoms with Crippen molar-refractivity contribution in [2.45, 2.75) is 13.0 Å². The van der Waals surface area contributed by atoms with Gasteiger partial charge in [0.05, 0.1) is 5.92 Å². The van der Waals surface area contributed by atoms with Crippen molar-refractivity contribution in [1.29, 1.82) is 0 Å². The Kier molecular flexibility index (Phi) is 4.63. The minimum Gasteiger partial charge on any atom is -0.492 e. The fraction of sp³-hybridized carbons (Fsp3) is 0.200. The molecule has 1 atom stereocenters. The molecule has 0 saturated heterocycles. The average Bonchev–Trinajstić information content (AvgIpc) is 3.15. The van der Waals surface area contributed by atoms with Gasteiger partial charge in [-0.3, -0.25) is 4.79 Å². The Hall–Kier alpha value is -2.79. The first kappa shape index (κ1) is 16.7. The third kappa shape index (κ3) is 3.58. The molecule has 4 rings (SSSR count). The van der Waals surface area contributed by atoms with Crippen LogP contribution in [0.5, 0.6) is 5.75 Å². The number of benzene rings is 2. The van der Waals surface area contributed by atoms with Gasteiger partial charge in [0.1, 0.15) is 24.7 Å². The van der Waals surface area contributed by atoms with Crippen molar-refractivity contribution in [3.8, 4) is 17.1 Å². The summed E-state index contributed by atoms with van der Waals surface area (Å²) < 4.78 is 16.3. The maximum atomic E-state index is 12.3. The molecule has 0 bridgehead atoms. The summed E-state index contributed by atoms with van der Waals surface area (Å²) in [6, 6.07) is 16.8. The minimum absolute atomic E-state index is 0.0636. The standard InChI is InChI=1S/C20H16ClNO4/c21-16-6-7-18-14(9-16)8-15(11-24-18)20(23)25-12-17-10-19(26-22-17)13-4-2-1-3-5-13/h1-7,9-10,15H,8,11-12H2/t15-/m1/s1. The largest absolute Gasteiger partial charge is 0.492 e. The third-order valence-corrected chi connectivity index (χ3v) is 4.48. The van der Waals surface area contributed by atoms with E-state index in [9.17, 15) is 4.79 Å². The van der Waals surface area contributed by atoms with Gasteiger partial charge in [-0.05, 0) is 30.2 Å². The molecule has 0 aliphatic carbocycles. The number of aromatic nitrogens is 1. The predicted molar refractivity (Wildman–Crippen MR) is 95.9 cm³/mol. The van der Waals surface area contributed by atoms with Gasteiger partial charge in [-0.25, -0.2) is 0 Å². The molecule has 0 fully saturated rings. The monoisotopic (exact) mass is 369 g/mol. The second-order valence-electron chi connectivity index (χ2n) is 6.12. The van der Waals surface area contributed by atoms with E-state index in [2.05, 4.69) is 5.16 Å². The number of carbonyl (C=O) groups excluding carboxylic acids is 1. The number of nitrogens with zero attached hydrogens (tertiary/aromatic N) is 1. The summed E-state index contributed by atoms with van der Waals surface area (Å²) in [5, 5.41) is 4.58. The van der Waals surface area contributed by atoms with Crippen LogP contribution in [0.1, 0.15) is 11.3 Å². The molecule has 0 N–H and O–H groups in total. The highest BCUT2D eigenvalue weighted by Gasteiger charge is 2.27. The molecule has 1 aliphatic heterocycles. The molecule has 26 heavy (non-hydrogen) atoms. The van der Waals surface area contributed by atoms with E-state index in [1.807, 2.05) is 42.5 Å². The zero-order chi connectivity index (χ0) is 17.9. The summed E-state index contributed by atoms with van der Waals surface area (Å²) in [7, 11) is 0. The highest BCUT2D eigenvalue weighted by atomic mass is 35.5. The van der Waals surface area contributed by atoms with E-state index >= 15 is 0 Å². The van der Waals surface area contributed by atoms with Crippen LogP contribution in [0.15, 0.2) is 59.1 Å². The molecule has 1 aromatic heterocycles. The number of halogens is 1. The molecule has 6 heteroatoms. The van der Waals surface area contributed by atoms with Gasteiger partial charge in [-0.15, -0.1) is 0 Å². The van der Waals surface area contributed by atoms with Gasteiger partial charge in [-0.1, -0.05) is 47.1 Å². The number of ether oxygens (including phenoxy) is 2. The molecule has 3 aromatic rings. The molecule has 1 aliphatic rings. The zero-order valence-electron chi connectivity index (χ0n) is 13.9. The van der Waals surface area contributed by atoms with E-state index in [0.29, 0.717) is 29.5 Å². The van der Waals surface area contributed by atoms with Crippen molar-refractivity contribution in [2.24, 2.45) is 5.92 Å². The fourth-order valence-electron chi connectivity index (χ4n) is 2.90. The molecule has 2 heterocycles. The second-order valence-corrected chi connectivity index (χ2v) is 6.56. The molecular weight excluding hydrogens is 354 g/mol. The summed E-state index contributed by atoms with van der Waals surface area (Å²) in [4.78, 5) is 12.3. The van der Waals surface area contributed by atoms with E-state index in [1.54, 1.807) is 12.1 Å². The van der Waals surface area contributed by atoms with Crippen LogP contribution in [0.25, 0.3) is 11.3 Å². The number of hydrogen-bond acceptors (Lipinski definition) is 5. The molecule has 0 radical (unpaired) electrons. The van der Waals surface area contributed by atoms with Gasteiger partial charge >= 0.3 is 5.97 Å². The van der Waals surface area contributed by atoms with Crippen LogP contribution in [0, 0.1) is 5.92 Å². The zero-order valence-corrected chi connectivity index (χ0v) is 14.6. The van der Waals surface area contributed by atoms with Gasteiger partial charge < -0.3 is 14.0 Å². The summed E-state index contributed by atoms with van der Waals surface area (Å²) in [6.07, 6.45) is 0.544. The maximum absolute atomic E-state index is 12.3. The molecule has 2 aromatic carbocycles. The molecule has 0 spiro atoms. The van der Waals surface area contributed by atoms with E-state index in [1.165, 1.54) is 0 Å². The van der Waals surface area contributed by atoms with Crippen molar-refractivity contribution in [3.05, 3.63) is 70.9 Å². The smallest absolute Gasteiger partial charge is 0.313 e. The summed E-state index contributed by atoms with van der Waals surface area (Å²) in [5.74, 6) is 0.727.